The van der Waals surface area contributed by atoms with Crippen molar-refractivity contribution in [1.29, 1.82) is 0 Å². The van der Waals surface area contributed by atoms with Gasteiger partial charge in [0.2, 0.25) is 0 Å². The van der Waals surface area contributed by atoms with Crippen molar-refractivity contribution in [1.82, 2.24) is 0 Å². The molecule has 1 atom stereocenters. The molecule has 0 unspecified atom stereocenters. The van der Waals surface area contributed by atoms with Crippen LogP contribution in [0.3, 0.4) is 0 Å². The van der Waals surface area contributed by atoms with Crippen LogP contribution in [0.25, 0.3) is 0 Å². The van der Waals surface area contributed by atoms with Crippen molar-refractivity contribution in [3.63, 3.8) is 0 Å². The minimum absolute atomic E-state index is 0.152. The summed E-state index contributed by atoms with van der Waals surface area (Å²) in [5.74, 6) is 0.492. The van der Waals surface area contributed by atoms with Crippen molar-refractivity contribution >= 4 is 5.78 Å². The summed E-state index contributed by atoms with van der Waals surface area (Å²) < 4.78 is 0. The first-order valence-corrected chi connectivity index (χ1v) is 3.73. The van der Waals surface area contributed by atoms with Crippen LogP contribution < -0.4 is 0 Å². The van der Waals surface area contributed by atoms with Crippen molar-refractivity contribution in [2.24, 2.45) is 11.3 Å². The molecule has 2 heteroatoms. The molecule has 58 valence electrons. The number of hydrogen-bond donors (Lipinski definition) is 1. The second-order valence-electron chi connectivity index (χ2n) is 3.56. The van der Waals surface area contributed by atoms with Crippen LogP contribution in [0.4, 0.5) is 0 Å². The van der Waals surface area contributed by atoms with Gasteiger partial charge in [-0.25, -0.2) is 0 Å². The molecule has 0 bridgehead atoms. The minimum Gasteiger partial charge on any atom is -0.396 e. The number of hydrogen-bond acceptors (Lipinski definition) is 2. The van der Waals surface area contributed by atoms with Gasteiger partial charge in [-0.3, -0.25) is 4.79 Å². The molecule has 0 amide bonds. The highest BCUT2D eigenvalue weighted by atomic mass is 16.3. The largest absolute Gasteiger partial charge is 0.396 e. The molecule has 1 aliphatic rings. The number of rotatable bonds is 1. The van der Waals surface area contributed by atoms with E-state index in [9.17, 15) is 4.79 Å². The van der Waals surface area contributed by atoms with E-state index in [2.05, 4.69) is 0 Å². The van der Waals surface area contributed by atoms with Gasteiger partial charge in [-0.1, -0.05) is 13.8 Å². The lowest BCUT2D eigenvalue weighted by Crippen LogP contribution is -2.27. The van der Waals surface area contributed by atoms with Crippen molar-refractivity contribution < 1.29 is 9.90 Å². The summed E-state index contributed by atoms with van der Waals surface area (Å²) >= 11 is 0. The van der Waals surface area contributed by atoms with Gasteiger partial charge in [0, 0.05) is 18.4 Å². The number of carbonyl (C=O) groups is 1. The third kappa shape index (κ3) is 0.966. The van der Waals surface area contributed by atoms with Crippen LogP contribution in [-0.4, -0.2) is 17.5 Å². The Morgan fingerprint density at radius 2 is 2.30 bits per heavy atom. The third-order valence-corrected chi connectivity index (χ3v) is 2.68. The normalized spacial score (nSPS) is 31.1. The Morgan fingerprint density at radius 1 is 1.70 bits per heavy atom. The summed E-state index contributed by atoms with van der Waals surface area (Å²) in [5.41, 5.74) is -0.269. The highest BCUT2D eigenvalue weighted by Gasteiger charge is 2.41. The summed E-state index contributed by atoms with van der Waals surface area (Å²) in [7, 11) is 0. The van der Waals surface area contributed by atoms with E-state index >= 15 is 0 Å². The predicted octanol–water partition coefficient (Wildman–Crippen LogP) is 0.984. The fourth-order valence-electron chi connectivity index (χ4n) is 1.54. The molecule has 1 N–H and O–H groups in total. The molecule has 0 aromatic carbocycles. The second-order valence-corrected chi connectivity index (χ2v) is 3.56. The minimum atomic E-state index is -0.269. The van der Waals surface area contributed by atoms with E-state index in [-0.39, 0.29) is 17.9 Å². The van der Waals surface area contributed by atoms with Crippen LogP contribution in [0.5, 0.6) is 0 Å². The zero-order chi connectivity index (χ0) is 7.78. The van der Waals surface area contributed by atoms with E-state index in [1.807, 2.05) is 13.8 Å². The first kappa shape index (κ1) is 7.73. The summed E-state index contributed by atoms with van der Waals surface area (Å²) in [6, 6.07) is 0. The molecule has 0 radical (unpaired) electrons. The van der Waals surface area contributed by atoms with E-state index in [0.717, 1.165) is 6.42 Å². The van der Waals surface area contributed by atoms with Gasteiger partial charge in [0.05, 0.1) is 0 Å². The molecule has 1 saturated carbocycles. The molecule has 1 fully saturated rings. The van der Waals surface area contributed by atoms with Gasteiger partial charge in [0.15, 0.2) is 0 Å². The Morgan fingerprint density at radius 3 is 2.50 bits per heavy atom. The molecule has 0 heterocycles. The van der Waals surface area contributed by atoms with Gasteiger partial charge >= 0.3 is 0 Å². The zero-order valence-electron chi connectivity index (χ0n) is 6.55. The van der Waals surface area contributed by atoms with Crippen LogP contribution in [-0.2, 0) is 4.79 Å². The maximum absolute atomic E-state index is 11.2. The molecule has 2 nitrogen and oxygen atoms in total. The maximum Gasteiger partial charge on any atom is 0.138 e. The predicted molar refractivity (Wildman–Crippen MR) is 38.6 cm³/mol. The Balaban J connectivity index is 2.73. The number of aliphatic hydroxyl groups is 1. The Bertz CT molecular complexity index is 149. The van der Waals surface area contributed by atoms with Crippen molar-refractivity contribution in [3.8, 4) is 0 Å². The van der Waals surface area contributed by atoms with Crippen LogP contribution in [0.1, 0.15) is 26.7 Å². The number of aliphatic hydroxyl groups excluding tert-OH is 1. The molecular formula is C8H14O2. The van der Waals surface area contributed by atoms with Crippen LogP contribution >= 0.6 is 0 Å². The van der Waals surface area contributed by atoms with Crippen LogP contribution in [0.15, 0.2) is 0 Å². The molecule has 10 heavy (non-hydrogen) atoms. The molecule has 0 aromatic heterocycles. The van der Waals surface area contributed by atoms with E-state index in [1.54, 1.807) is 0 Å². The van der Waals surface area contributed by atoms with Gasteiger partial charge in [0.1, 0.15) is 5.78 Å². The van der Waals surface area contributed by atoms with Crippen LogP contribution in [0.2, 0.25) is 0 Å². The molecule has 1 aliphatic carbocycles. The van der Waals surface area contributed by atoms with E-state index in [4.69, 9.17) is 5.11 Å². The summed E-state index contributed by atoms with van der Waals surface area (Å²) in [5, 5.41) is 8.87. The third-order valence-electron chi connectivity index (χ3n) is 2.68. The Labute approximate surface area is 61.2 Å². The highest BCUT2D eigenvalue weighted by molar-refractivity contribution is 5.86. The van der Waals surface area contributed by atoms with Gasteiger partial charge < -0.3 is 5.11 Å². The fraction of sp³-hybridized carbons (Fsp3) is 0.875. The topological polar surface area (TPSA) is 37.3 Å². The quantitative estimate of drug-likeness (QED) is 0.592. The first-order chi connectivity index (χ1) is 4.59. The van der Waals surface area contributed by atoms with Crippen molar-refractivity contribution in [3.05, 3.63) is 0 Å². The first-order valence-electron chi connectivity index (χ1n) is 3.73. The Kier molecular flexibility index (Phi) is 1.82. The SMILES string of the molecule is CC1(C)C(=O)CC[C@H]1CO. The van der Waals surface area contributed by atoms with Gasteiger partial charge in [0.25, 0.3) is 0 Å². The standard InChI is InChI=1S/C8H14O2/c1-8(2)6(5-9)3-4-7(8)10/h6,9H,3-5H2,1-2H3/t6-/m0/s1. The fourth-order valence-corrected chi connectivity index (χ4v) is 1.54. The second kappa shape index (κ2) is 2.35. The summed E-state index contributed by atoms with van der Waals surface area (Å²) in [6.07, 6.45) is 1.51. The Hall–Kier alpha value is -0.370. The number of ketones is 1. The molecule has 1 rings (SSSR count). The average Bonchev–Trinajstić information content (AvgIpc) is 2.10. The number of Topliss-reactive ketones (excluding diaryl/α,β-unsaturated/α-hetero) is 1. The zero-order valence-corrected chi connectivity index (χ0v) is 6.55. The molecule has 0 saturated heterocycles. The summed E-state index contributed by atoms with van der Waals surface area (Å²) in [6.45, 7) is 3.99. The average molecular weight is 142 g/mol. The lowest BCUT2D eigenvalue weighted by molar-refractivity contribution is -0.125. The highest BCUT2D eigenvalue weighted by Crippen LogP contribution is 2.38. The van der Waals surface area contributed by atoms with Gasteiger partial charge in [-0.05, 0) is 12.3 Å². The van der Waals surface area contributed by atoms with E-state index in [0.29, 0.717) is 12.2 Å². The smallest absolute Gasteiger partial charge is 0.138 e. The lowest BCUT2D eigenvalue weighted by atomic mass is 9.82. The molecule has 0 spiro atoms. The van der Waals surface area contributed by atoms with Gasteiger partial charge in [-0.15, -0.1) is 0 Å². The van der Waals surface area contributed by atoms with E-state index in [1.165, 1.54) is 0 Å². The molecule has 0 aromatic rings. The van der Waals surface area contributed by atoms with Crippen molar-refractivity contribution in [2.45, 2.75) is 26.7 Å². The van der Waals surface area contributed by atoms with Gasteiger partial charge in [-0.2, -0.15) is 0 Å². The summed E-state index contributed by atoms with van der Waals surface area (Å²) in [4.78, 5) is 11.2. The number of carbonyl (C=O) groups excluding carboxylic acids is 1. The van der Waals surface area contributed by atoms with Crippen LogP contribution in [0, 0.1) is 11.3 Å². The maximum atomic E-state index is 11.2. The molecule has 0 aliphatic heterocycles. The monoisotopic (exact) mass is 142 g/mol. The van der Waals surface area contributed by atoms with E-state index < -0.39 is 0 Å². The molecular weight excluding hydrogens is 128 g/mol. The van der Waals surface area contributed by atoms with Crippen molar-refractivity contribution in [2.75, 3.05) is 6.61 Å². The lowest BCUT2D eigenvalue weighted by Gasteiger charge is -2.22.